The Balaban J connectivity index is 1.86. The summed E-state index contributed by atoms with van der Waals surface area (Å²) in [7, 11) is 0. The lowest BCUT2D eigenvalue weighted by atomic mass is 10.3. The molecule has 6 nitrogen and oxygen atoms in total. The van der Waals surface area contributed by atoms with Gasteiger partial charge in [-0.3, -0.25) is 0 Å². The summed E-state index contributed by atoms with van der Waals surface area (Å²) in [6.45, 7) is 5.61. The van der Waals surface area contributed by atoms with Gasteiger partial charge in [0.05, 0.1) is 18.8 Å². The SMILES string of the molecule is CCCNCc1nnc(NC(C)c2ccco2)o1. The third kappa shape index (κ3) is 3.33. The first-order valence-electron chi connectivity index (χ1n) is 6.12. The van der Waals surface area contributed by atoms with Crippen LogP contribution in [0.1, 0.15) is 38.0 Å². The Bertz CT molecular complexity index is 452. The minimum Gasteiger partial charge on any atom is -0.467 e. The maximum atomic E-state index is 5.46. The monoisotopic (exact) mass is 250 g/mol. The molecule has 0 aliphatic heterocycles. The molecule has 0 saturated carbocycles. The van der Waals surface area contributed by atoms with Gasteiger partial charge < -0.3 is 19.5 Å². The predicted molar refractivity (Wildman–Crippen MR) is 67.0 cm³/mol. The highest BCUT2D eigenvalue weighted by Crippen LogP contribution is 2.18. The Hall–Kier alpha value is -1.82. The summed E-state index contributed by atoms with van der Waals surface area (Å²) in [6.07, 6.45) is 2.72. The van der Waals surface area contributed by atoms with Crippen molar-refractivity contribution in [2.75, 3.05) is 11.9 Å². The van der Waals surface area contributed by atoms with Gasteiger partial charge in [-0.25, -0.2) is 0 Å². The van der Waals surface area contributed by atoms with E-state index in [9.17, 15) is 0 Å². The molecule has 1 unspecified atom stereocenters. The Morgan fingerprint density at radius 1 is 1.39 bits per heavy atom. The van der Waals surface area contributed by atoms with Gasteiger partial charge in [0, 0.05) is 0 Å². The largest absolute Gasteiger partial charge is 0.467 e. The molecule has 98 valence electrons. The third-order valence-corrected chi connectivity index (χ3v) is 2.48. The number of rotatable bonds is 7. The smallest absolute Gasteiger partial charge is 0.316 e. The third-order valence-electron chi connectivity index (χ3n) is 2.48. The fraction of sp³-hybridized carbons (Fsp3) is 0.500. The maximum Gasteiger partial charge on any atom is 0.316 e. The van der Waals surface area contributed by atoms with Gasteiger partial charge in [0.25, 0.3) is 0 Å². The van der Waals surface area contributed by atoms with Crippen molar-refractivity contribution in [2.45, 2.75) is 32.9 Å². The van der Waals surface area contributed by atoms with Gasteiger partial charge in [-0.15, -0.1) is 5.10 Å². The zero-order valence-corrected chi connectivity index (χ0v) is 10.6. The molecule has 0 spiro atoms. The zero-order chi connectivity index (χ0) is 12.8. The molecule has 6 heteroatoms. The lowest BCUT2D eigenvalue weighted by Crippen LogP contribution is -2.13. The second-order valence-electron chi connectivity index (χ2n) is 4.06. The normalized spacial score (nSPS) is 12.6. The van der Waals surface area contributed by atoms with E-state index in [1.807, 2.05) is 19.1 Å². The molecule has 0 radical (unpaired) electrons. The first-order valence-corrected chi connectivity index (χ1v) is 6.12. The zero-order valence-electron chi connectivity index (χ0n) is 10.6. The van der Waals surface area contributed by atoms with Crippen LogP contribution in [0.5, 0.6) is 0 Å². The minimum absolute atomic E-state index is 0.00287. The molecule has 2 N–H and O–H groups in total. The van der Waals surface area contributed by atoms with E-state index in [0.717, 1.165) is 18.7 Å². The molecule has 0 aromatic carbocycles. The van der Waals surface area contributed by atoms with Crippen LogP contribution in [0.15, 0.2) is 27.2 Å². The molecule has 0 saturated heterocycles. The number of aromatic nitrogens is 2. The van der Waals surface area contributed by atoms with Gasteiger partial charge in [0.2, 0.25) is 5.89 Å². The number of nitrogens with one attached hydrogen (secondary N) is 2. The van der Waals surface area contributed by atoms with Crippen molar-refractivity contribution in [3.8, 4) is 0 Å². The molecule has 0 fully saturated rings. The van der Waals surface area contributed by atoms with Gasteiger partial charge in [0.1, 0.15) is 5.76 Å². The quantitative estimate of drug-likeness (QED) is 0.734. The van der Waals surface area contributed by atoms with E-state index < -0.39 is 0 Å². The van der Waals surface area contributed by atoms with Crippen molar-refractivity contribution >= 4 is 6.01 Å². The number of hydrogen-bond acceptors (Lipinski definition) is 6. The standard InChI is InChI=1S/C12H18N4O2/c1-3-6-13-8-11-15-16-12(18-11)14-9(2)10-5-4-7-17-10/h4-5,7,9,13H,3,6,8H2,1-2H3,(H,14,16). The van der Waals surface area contributed by atoms with Crippen LogP contribution in [0, 0.1) is 0 Å². The van der Waals surface area contributed by atoms with E-state index in [-0.39, 0.29) is 6.04 Å². The molecule has 1 atom stereocenters. The number of furan rings is 1. The van der Waals surface area contributed by atoms with Crippen molar-refractivity contribution in [3.63, 3.8) is 0 Å². The van der Waals surface area contributed by atoms with Crippen LogP contribution >= 0.6 is 0 Å². The Labute approximate surface area is 106 Å². The van der Waals surface area contributed by atoms with Gasteiger partial charge in [-0.05, 0) is 32.0 Å². The lowest BCUT2D eigenvalue weighted by molar-refractivity contribution is 0.459. The van der Waals surface area contributed by atoms with Crippen LogP contribution < -0.4 is 10.6 Å². The fourth-order valence-corrected chi connectivity index (χ4v) is 1.55. The topological polar surface area (TPSA) is 76.1 Å². The van der Waals surface area contributed by atoms with Crippen LogP contribution in [0.2, 0.25) is 0 Å². The van der Waals surface area contributed by atoms with Gasteiger partial charge in [0.15, 0.2) is 0 Å². The van der Waals surface area contributed by atoms with Crippen LogP contribution in [-0.2, 0) is 6.54 Å². The highest BCUT2D eigenvalue weighted by molar-refractivity contribution is 5.23. The number of hydrogen-bond donors (Lipinski definition) is 2. The van der Waals surface area contributed by atoms with Gasteiger partial charge >= 0.3 is 6.01 Å². The molecule has 2 rings (SSSR count). The van der Waals surface area contributed by atoms with Gasteiger partial charge in [-0.2, -0.15) is 0 Å². The molecular weight excluding hydrogens is 232 g/mol. The Kier molecular flexibility index (Phi) is 4.35. The molecular formula is C12H18N4O2. The summed E-state index contributed by atoms with van der Waals surface area (Å²) < 4.78 is 10.8. The molecule has 0 bridgehead atoms. The van der Waals surface area contributed by atoms with Crippen LogP contribution in [0.4, 0.5) is 6.01 Å². The molecule has 18 heavy (non-hydrogen) atoms. The fourth-order valence-electron chi connectivity index (χ4n) is 1.55. The highest BCUT2D eigenvalue weighted by atomic mass is 16.4. The first-order chi connectivity index (χ1) is 8.79. The van der Waals surface area contributed by atoms with Crippen molar-refractivity contribution in [3.05, 3.63) is 30.0 Å². The first kappa shape index (κ1) is 12.6. The van der Waals surface area contributed by atoms with Crippen molar-refractivity contribution in [1.82, 2.24) is 15.5 Å². The second-order valence-corrected chi connectivity index (χ2v) is 4.06. The molecule has 0 amide bonds. The molecule has 2 aromatic heterocycles. The summed E-state index contributed by atoms with van der Waals surface area (Å²) in [5.74, 6) is 1.41. The summed E-state index contributed by atoms with van der Waals surface area (Å²) in [6, 6.07) is 4.16. The Morgan fingerprint density at radius 2 is 2.28 bits per heavy atom. The average Bonchev–Trinajstić information content (AvgIpc) is 3.00. The predicted octanol–water partition coefficient (Wildman–Crippen LogP) is 2.34. The van der Waals surface area contributed by atoms with Crippen molar-refractivity contribution in [1.29, 1.82) is 0 Å². The summed E-state index contributed by atoms with van der Waals surface area (Å²) >= 11 is 0. The van der Waals surface area contributed by atoms with Crippen molar-refractivity contribution in [2.24, 2.45) is 0 Å². The van der Waals surface area contributed by atoms with E-state index >= 15 is 0 Å². The van der Waals surface area contributed by atoms with Crippen LogP contribution in [-0.4, -0.2) is 16.7 Å². The van der Waals surface area contributed by atoms with E-state index in [1.165, 1.54) is 0 Å². The number of anilines is 1. The summed E-state index contributed by atoms with van der Waals surface area (Å²) in [4.78, 5) is 0. The van der Waals surface area contributed by atoms with Crippen LogP contribution in [0.3, 0.4) is 0 Å². The van der Waals surface area contributed by atoms with E-state index in [2.05, 4.69) is 27.8 Å². The maximum absolute atomic E-state index is 5.46. The summed E-state index contributed by atoms with van der Waals surface area (Å²) in [5, 5.41) is 14.2. The van der Waals surface area contributed by atoms with E-state index in [1.54, 1.807) is 6.26 Å². The second kappa shape index (κ2) is 6.20. The number of nitrogens with zero attached hydrogens (tertiary/aromatic N) is 2. The van der Waals surface area contributed by atoms with Gasteiger partial charge in [-0.1, -0.05) is 12.0 Å². The lowest BCUT2D eigenvalue weighted by Gasteiger charge is -2.07. The molecule has 0 aliphatic rings. The molecule has 2 heterocycles. The van der Waals surface area contributed by atoms with E-state index in [4.69, 9.17) is 8.83 Å². The molecule has 2 aromatic rings. The average molecular weight is 250 g/mol. The minimum atomic E-state index is -0.00287. The van der Waals surface area contributed by atoms with Crippen molar-refractivity contribution < 1.29 is 8.83 Å². The highest BCUT2D eigenvalue weighted by Gasteiger charge is 2.12. The Morgan fingerprint density at radius 3 is 3.00 bits per heavy atom. The molecule has 0 aliphatic carbocycles. The van der Waals surface area contributed by atoms with E-state index in [0.29, 0.717) is 18.5 Å². The van der Waals surface area contributed by atoms with Crippen LogP contribution in [0.25, 0.3) is 0 Å². The summed E-state index contributed by atoms with van der Waals surface area (Å²) in [5.41, 5.74) is 0.